The van der Waals surface area contributed by atoms with E-state index < -0.39 is 0 Å². The highest BCUT2D eigenvalue weighted by molar-refractivity contribution is 5.89. The topological polar surface area (TPSA) is 21.6 Å². The van der Waals surface area contributed by atoms with Crippen LogP contribution < -0.4 is 0 Å². The molecule has 0 saturated carbocycles. The summed E-state index contributed by atoms with van der Waals surface area (Å²) >= 11 is 0. The molecule has 0 amide bonds. The number of methoxy groups -OCH3 is 1. The fourth-order valence-electron chi connectivity index (χ4n) is 1.31. The van der Waals surface area contributed by atoms with E-state index in [0.29, 0.717) is 5.90 Å². The Morgan fingerprint density at radius 2 is 1.62 bits per heavy atom. The van der Waals surface area contributed by atoms with Gasteiger partial charge in [-0.1, -0.05) is 6.08 Å². The molecule has 2 heteroatoms. The van der Waals surface area contributed by atoms with E-state index >= 15 is 0 Å². The van der Waals surface area contributed by atoms with E-state index in [1.165, 1.54) is 5.57 Å². The lowest BCUT2D eigenvalue weighted by Gasteiger charge is -2.05. The Labute approximate surface area is 79.3 Å². The molecule has 0 bridgehead atoms. The van der Waals surface area contributed by atoms with Gasteiger partial charge >= 0.3 is 0 Å². The zero-order chi connectivity index (χ0) is 9.84. The van der Waals surface area contributed by atoms with Crippen molar-refractivity contribution in [2.24, 2.45) is 4.99 Å². The van der Waals surface area contributed by atoms with Gasteiger partial charge in [-0.3, -0.25) is 0 Å². The second-order valence-corrected chi connectivity index (χ2v) is 3.22. The summed E-state index contributed by atoms with van der Waals surface area (Å²) in [6, 6.07) is 0. The summed E-state index contributed by atoms with van der Waals surface area (Å²) in [5.41, 5.74) is 3.33. The molecule has 0 unspecified atom stereocenters. The standard InChI is InChI=1S/C11H15NO/c1-8-5-9(2)7-11(13-4)12-10(3)6-8/h5-7H,1-4H3/b8-5-,8-6?,9-5?,9-7-,10-6-,11-7?,12-10?,12-11+. The molecule has 0 aromatic rings. The second-order valence-electron chi connectivity index (χ2n) is 3.22. The van der Waals surface area contributed by atoms with Crippen molar-refractivity contribution in [3.05, 3.63) is 35.1 Å². The van der Waals surface area contributed by atoms with Gasteiger partial charge in [0.2, 0.25) is 5.90 Å². The summed E-state index contributed by atoms with van der Waals surface area (Å²) in [4.78, 5) is 4.29. The van der Waals surface area contributed by atoms with E-state index in [1.54, 1.807) is 7.11 Å². The summed E-state index contributed by atoms with van der Waals surface area (Å²) in [6.45, 7) is 6.06. The summed E-state index contributed by atoms with van der Waals surface area (Å²) < 4.78 is 5.11. The van der Waals surface area contributed by atoms with Crippen molar-refractivity contribution in [3.63, 3.8) is 0 Å². The summed E-state index contributed by atoms with van der Waals surface area (Å²) in [6.07, 6.45) is 6.08. The lowest BCUT2D eigenvalue weighted by Crippen LogP contribution is -1.99. The van der Waals surface area contributed by atoms with E-state index in [-0.39, 0.29) is 0 Å². The molecule has 1 rings (SSSR count). The molecule has 0 aromatic carbocycles. The van der Waals surface area contributed by atoms with E-state index in [9.17, 15) is 0 Å². The van der Waals surface area contributed by atoms with Gasteiger partial charge in [0.05, 0.1) is 7.11 Å². The Kier molecular flexibility index (Phi) is 3.07. The Morgan fingerprint density at radius 1 is 1.00 bits per heavy atom. The van der Waals surface area contributed by atoms with Crippen molar-refractivity contribution in [1.82, 2.24) is 0 Å². The first-order valence-corrected chi connectivity index (χ1v) is 4.29. The predicted molar refractivity (Wildman–Crippen MR) is 55.7 cm³/mol. The van der Waals surface area contributed by atoms with Crippen LogP contribution in [0.2, 0.25) is 0 Å². The fourth-order valence-corrected chi connectivity index (χ4v) is 1.31. The van der Waals surface area contributed by atoms with Crippen LogP contribution in [0.4, 0.5) is 0 Å². The highest BCUT2D eigenvalue weighted by Gasteiger charge is 1.99. The fraction of sp³-hybridized carbons (Fsp3) is 0.364. The Bertz CT molecular complexity index is 319. The Hall–Kier alpha value is -1.31. The van der Waals surface area contributed by atoms with Crippen LogP contribution in [-0.4, -0.2) is 13.0 Å². The number of hydrogen-bond donors (Lipinski definition) is 0. The van der Waals surface area contributed by atoms with E-state index in [1.807, 2.05) is 26.0 Å². The average molecular weight is 177 g/mol. The number of allylic oxidation sites excluding steroid dienone is 5. The van der Waals surface area contributed by atoms with Crippen LogP contribution in [0, 0.1) is 0 Å². The molecular weight excluding hydrogens is 162 g/mol. The van der Waals surface area contributed by atoms with Gasteiger partial charge in [0, 0.05) is 11.8 Å². The van der Waals surface area contributed by atoms with Crippen LogP contribution in [0.1, 0.15) is 20.8 Å². The molecule has 0 N–H and O–H groups in total. The van der Waals surface area contributed by atoms with Gasteiger partial charge in [0.15, 0.2) is 0 Å². The highest BCUT2D eigenvalue weighted by atomic mass is 16.5. The molecule has 0 atom stereocenters. The first kappa shape index (κ1) is 9.78. The first-order chi connectivity index (χ1) is 6.11. The molecule has 0 aromatic heterocycles. The Balaban J connectivity index is 3.07. The maximum Gasteiger partial charge on any atom is 0.213 e. The van der Waals surface area contributed by atoms with Crippen LogP contribution in [0.3, 0.4) is 0 Å². The maximum absolute atomic E-state index is 5.11. The molecule has 2 nitrogen and oxygen atoms in total. The number of aliphatic imine (C=N–C) groups is 1. The third kappa shape index (κ3) is 2.90. The molecule has 0 aliphatic carbocycles. The van der Waals surface area contributed by atoms with Gasteiger partial charge in [-0.2, -0.15) is 0 Å². The van der Waals surface area contributed by atoms with Gasteiger partial charge in [-0.25, -0.2) is 4.99 Å². The molecule has 0 saturated heterocycles. The minimum absolute atomic E-state index is 0.662. The summed E-state index contributed by atoms with van der Waals surface area (Å²) in [5.74, 6) is 0.662. The smallest absolute Gasteiger partial charge is 0.213 e. The molecule has 70 valence electrons. The maximum atomic E-state index is 5.11. The number of nitrogens with zero attached hydrogens (tertiary/aromatic N) is 1. The van der Waals surface area contributed by atoms with E-state index in [4.69, 9.17) is 4.74 Å². The van der Waals surface area contributed by atoms with Crippen LogP contribution in [0.5, 0.6) is 0 Å². The lowest BCUT2D eigenvalue weighted by molar-refractivity contribution is 0.406. The van der Waals surface area contributed by atoms with Gasteiger partial charge in [0.25, 0.3) is 0 Å². The van der Waals surface area contributed by atoms with Gasteiger partial charge in [-0.05, 0) is 38.0 Å². The highest BCUT2D eigenvalue weighted by Crippen LogP contribution is 2.11. The molecule has 0 spiro atoms. The van der Waals surface area contributed by atoms with Crippen molar-refractivity contribution in [3.8, 4) is 0 Å². The van der Waals surface area contributed by atoms with Crippen molar-refractivity contribution in [2.45, 2.75) is 20.8 Å². The zero-order valence-electron chi connectivity index (χ0n) is 8.59. The van der Waals surface area contributed by atoms with Crippen molar-refractivity contribution >= 4 is 5.90 Å². The molecule has 1 aliphatic rings. The molecular formula is C11H15NO. The van der Waals surface area contributed by atoms with Crippen molar-refractivity contribution < 1.29 is 4.74 Å². The number of hydrogen-bond acceptors (Lipinski definition) is 2. The van der Waals surface area contributed by atoms with Crippen molar-refractivity contribution in [2.75, 3.05) is 7.11 Å². The third-order valence-corrected chi connectivity index (χ3v) is 1.74. The van der Waals surface area contributed by atoms with Gasteiger partial charge in [-0.15, -0.1) is 0 Å². The molecule has 0 fully saturated rings. The quantitative estimate of drug-likeness (QED) is 0.557. The Morgan fingerprint density at radius 3 is 2.23 bits per heavy atom. The zero-order valence-corrected chi connectivity index (χ0v) is 8.59. The normalized spacial score (nSPS) is 33.5. The van der Waals surface area contributed by atoms with E-state index in [0.717, 1.165) is 11.3 Å². The van der Waals surface area contributed by atoms with Crippen LogP contribution in [0.25, 0.3) is 0 Å². The van der Waals surface area contributed by atoms with Crippen LogP contribution in [0.15, 0.2) is 40.1 Å². The number of rotatable bonds is 0. The predicted octanol–water partition coefficient (Wildman–Crippen LogP) is 2.84. The van der Waals surface area contributed by atoms with Crippen LogP contribution >= 0.6 is 0 Å². The molecule has 13 heavy (non-hydrogen) atoms. The largest absolute Gasteiger partial charge is 0.481 e. The number of ether oxygens (including phenoxy) is 1. The average Bonchev–Trinajstić information content (AvgIpc) is 1.99. The van der Waals surface area contributed by atoms with Gasteiger partial charge < -0.3 is 4.74 Å². The second kappa shape index (κ2) is 4.08. The summed E-state index contributed by atoms with van der Waals surface area (Å²) in [7, 11) is 1.63. The van der Waals surface area contributed by atoms with Gasteiger partial charge in [0.1, 0.15) is 0 Å². The third-order valence-electron chi connectivity index (χ3n) is 1.74. The minimum Gasteiger partial charge on any atom is -0.481 e. The minimum atomic E-state index is 0.662. The summed E-state index contributed by atoms with van der Waals surface area (Å²) in [5, 5.41) is 0. The van der Waals surface area contributed by atoms with Crippen LogP contribution in [-0.2, 0) is 4.74 Å². The van der Waals surface area contributed by atoms with E-state index in [2.05, 4.69) is 18.0 Å². The monoisotopic (exact) mass is 177 g/mol. The SMILES string of the molecule is COC1=N/C(C)=C\C(C)=C/C(C)=C\1. The lowest BCUT2D eigenvalue weighted by atomic mass is 10.1. The molecule has 1 heterocycles. The first-order valence-electron chi connectivity index (χ1n) is 4.29. The molecule has 1 aliphatic heterocycles. The van der Waals surface area contributed by atoms with Crippen molar-refractivity contribution in [1.29, 1.82) is 0 Å². The molecule has 0 radical (unpaired) electrons.